The lowest BCUT2D eigenvalue weighted by Crippen LogP contribution is -2.47. The molecule has 1 saturated carbocycles. The average molecular weight is 249 g/mol. The van der Waals surface area contributed by atoms with Crippen molar-refractivity contribution in [1.29, 1.82) is 0 Å². The van der Waals surface area contributed by atoms with E-state index in [1.54, 1.807) is 0 Å². The molecule has 5 heteroatoms. The van der Waals surface area contributed by atoms with E-state index < -0.39 is 5.97 Å². The number of ether oxygens (including phenoxy) is 2. The van der Waals surface area contributed by atoms with Gasteiger partial charge in [0.25, 0.3) is 0 Å². The van der Waals surface area contributed by atoms with E-state index >= 15 is 0 Å². The molecule has 3 rings (SSSR count). The Bertz CT molecular complexity index is 474. The molecule has 2 aliphatic rings. The monoisotopic (exact) mass is 249 g/mol. The molecule has 2 unspecified atom stereocenters. The second-order valence-corrected chi connectivity index (χ2v) is 4.66. The van der Waals surface area contributed by atoms with E-state index in [0.717, 1.165) is 29.9 Å². The quantitative estimate of drug-likeness (QED) is 0.843. The molecule has 0 saturated heterocycles. The second kappa shape index (κ2) is 4.49. The van der Waals surface area contributed by atoms with Gasteiger partial charge >= 0.3 is 5.97 Å². The van der Waals surface area contributed by atoms with Gasteiger partial charge in [-0.3, -0.25) is 4.79 Å². The molecule has 5 nitrogen and oxygen atoms in total. The van der Waals surface area contributed by atoms with Crippen LogP contribution in [0, 0.1) is 5.92 Å². The molecule has 18 heavy (non-hydrogen) atoms. The van der Waals surface area contributed by atoms with Gasteiger partial charge in [-0.15, -0.1) is 0 Å². The van der Waals surface area contributed by atoms with Gasteiger partial charge < -0.3 is 19.9 Å². The van der Waals surface area contributed by atoms with E-state index in [0.29, 0.717) is 6.54 Å². The lowest BCUT2D eigenvalue weighted by molar-refractivity contribution is -0.146. The Morgan fingerprint density at radius 2 is 2.28 bits per heavy atom. The summed E-state index contributed by atoms with van der Waals surface area (Å²) in [7, 11) is 0. The van der Waals surface area contributed by atoms with Crippen LogP contribution in [0.15, 0.2) is 18.2 Å². The minimum Gasteiger partial charge on any atom is -0.481 e. The van der Waals surface area contributed by atoms with Crippen molar-refractivity contribution < 1.29 is 19.4 Å². The van der Waals surface area contributed by atoms with Gasteiger partial charge in [0.05, 0.1) is 5.92 Å². The van der Waals surface area contributed by atoms with E-state index in [9.17, 15) is 4.79 Å². The highest BCUT2D eigenvalue weighted by molar-refractivity contribution is 5.72. The number of carbonyl (C=O) groups is 1. The van der Waals surface area contributed by atoms with Gasteiger partial charge in [-0.2, -0.15) is 0 Å². The van der Waals surface area contributed by atoms with Crippen molar-refractivity contribution in [2.45, 2.75) is 25.4 Å². The Labute approximate surface area is 105 Å². The van der Waals surface area contributed by atoms with E-state index in [1.165, 1.54) is 0 Å². The van der Waals surface area contributed by atoms with E-state index in [2.05, 4.69) is 5.32 Å². The van der Waals surface area contributed by atoms with Crippen LogP contribution in [0.3, 0.4) is 0 Å². The third-order valence-corrected chi connectivity index (χ3v) is 3.62. The van der Waals surface area contributed by atoms with Gasteiger partial charge in [0, 0.05) is 18.2 Å². The third-order valence-electron chi connectivity index (χ3n) is 3.62. The van der Waals surface area contributed by atoms with Gasteiger partial charge in [-0.25, -0.2) is 0 Å². The van der Waals surface area contributed by atoms with Crippen molar-refractivity contribution in [3.05, 3.63) is 23.8 Å². The fourth-order valence-corrected chi connectivity index (χ4v) is 2.41. The molecule has 1 fully saturated rings. The molecule has 0 spiro atoms. The van der Waals surface area contributed by atoms with Crippen LogP contribution in [-0.4, -0.2) is 23.9 Å². The molecule has 1 aromatic carbocycles. The van der Waals surface area contributed by atoms with Crippen molar-refractivity contribution in [3.8, 4) is 11.5 Å². The molecule has 2 N–H and O–H groups in total. The summed E-state index contributed by atoms with van der Waals surface area (Å²) in [4.78, 5) is 10.9. The molecule has 0 bridgehead atoms. The SMILES string of the molecule is O=C(O)C1CCC1NCc1cccc2c1OCO2. The summed E-state index contributed by atoms with van der Waals surface area (Å²) in [6, 6.07) is 5.82. The van der Waals surface area contributed by atoms with Crippen molar-refractivity contribution in [2.24, 2.45) is 5.92 Å². The first-order chi connectivity index (χ1) is 8.75. The first-order valence-corrected chi connectivity index (χ1v) is 6.09. The van der Waals surface area contributed by atoms with Crippen LogP contribution in [-0.2, 0) is 11.3 Å². The summed E-state index contributed by atoms with van der Waals surface area (Å²) in [6.45, 7) is 0.870. The van der Waals surface area contributed by atoms with Crippen LogP contribution in [0.25, 0.3) is 0 Å². The van der Waals surface area contributed by atoms with Crippen LogP contribution >= 0.6 is 0 Å². The highest BCUT2D eigenvalue weighted by Gasteiger charge is 2.36. The van der Waals surface area contributed by atoms with Crippen LogP contribution in [0.4, 0.5) is 0 Å². The summed E-state index contributed by atoms with van der Waals surface area (Å²) >= 11 is 0. The van der Waals surface area contributed by atoms with E-state index in [1.807, 2.05) is 18.2 Å². The number of rotatable bonds is 4. The Balaban J connectivity index is 1.64. The fraction of sp³-hybridized carbons (Fsp3) is 0.462. The standard InChI is InChI=1S/C13H15NO4/c15-13(16)9-4-5-10(9)14-6-8-2-1-3-11-12(8)18-7-17-11/h1-3,9-10,14H,4-7H2,(H,15,16). The summed E-state index contributed by atoms with van der Waals surface area (Å²) < 4.78 is 10.7. The maximum Gasteiger partial charge on any atom is 0.308 e. The largest absolute Gasteiger partial charge is 0.481 e. The zero-order valence-corrected chi connectivity index (χ0v) is 9.89. The van der Waals surface area contributed by atoms with Gasteiger partial charge in [0.1, 0.15) is 0 Å². The number of benzene rings is 1. The molecule has 0 amide bonds. The summed E-state index contributed by atoms with van der Waals surface area (Å²) in [5.41, 5.74) is 1.01. The minimum absolute atomic E-state index is 0.0701. The van der Waals surface area contributed by atoms with Gasteiger partial charge in [0.15, 0.2) is 11.5 Å². The van der Waals surface area contributed by atoms with Gasteiger partial charge in [0.2, 0.25) is 6.79 Å². The molecule has 96 valence electrons. The lowest BCUT2D eigenvalue weighted by atomic mass is 9.79. The first kappa shape index (κ1) is 11.3. The van der Waals surface area contributed by atoms with Crippen LogP contribution in [0.1, 0.15) is 18.4 Å². The maximum atomic E-state index is 10.9. The summed E-state index contributed by atoms with van der Waals surface area (Å²) in [5.74, 6) is 0.574. The minimum atomic E-state index is -0.711. The number of nitrogens with one attached hydrogen (secondary N) is 1. The summed E-state index contributed by atoms with van der Waals surface area (Å²) in [6.07, 6.45) is 1.68. The molecule has 1 heterocycles. The van der Waals surface area contributed by atoms with Crippen molar-refractivity contribution >= 4 is 5.97 Å². The lowest BCUT2D eigenvalue weighted by Gasteiger charge is -2.34. The Morgan fingerprint density at radius 3 is 3.00 bits per heavy atom. The highest BCUT2D eigenvalue weighted by atomic mass is 16.7. The van der Waals surface area contributed by atoms with Gasteiger partial charge in [-0.05, 0) is 18.9 Å². The maximum absolute atomic E-state index is 10.9. The number of aliphatic carboxylic acids is 1. The topological polar surface area (TPSA) is 67.8 Å². The Kier molecular flexibility index (Phi) is 2.83. The smallest absolute Gasteiger partial charge is 0.308 e. The molecule has 1 aromatic rings. The van der Waals surface area contributed by atoms with Crippen LogP contribution in [0.2, 0.25) is 0 Å². The predicted molar refractivity (Wildman–Crippen MR) is 63.6 cm³/mol. The number of fused-ring (bicyclic) bond motifs is 1. The van der Waals surface area contributed by atoms with Gasteiger partial charge in [-0.1, -0.05) is 12.1 Å². The second-order valence-electron chi connectivity index (χ2n) is 4.66. The van der Waals surface area contributed by atoms with E-state index in [4.69, 9.17) is 14.6 Å². The summed E-state index contributed by atoms with van der Waals surface area (Å²) in [5, 5.41) is 12.3. The zero-order chi connectivity index (χ0) is 12.5. The molecular formula is C13H15NO4. The molecular weight excluding hydrogens is 234 g/mol. The normalized spacial score (nSPS) is 24.7. The highest BCUT2D eigenvalue weighted by Crippen LogP contribution is 2.36. The molecule has 1 aliphatic carbocycles. The predicted octanol–water partition coefficient (Wildman–Crippen LogP) is 1.37. The Morgan fingerprint density at radius 1 is 1.39 bits per heavy atom. The van der Waals surface area contributed by atoms with Crippen LogP contribution < -0.4 is 14.8 Å². The van der Waals surface area contributed by atoms with Crippen LogP contribution in [0.5, 0.6) is 11.5 Å². The molecule has 0 radical (unpaired) electrons. The number of para-hydroxylation sites is 1. The third kappa shape index (κ3) is 1.90. The van der Waals surface area contributed by atoms with Crippen molar-refractivity contribution in [1.82, 2.24) is 5.32 Å². The van der Waals surface area contributed by atoms with Crippen molar-refractivity contribution in [2.75, 3.05) is 6.79 Å². The van der Waals surface area contributed by atoms with E-state index in [-0.39, 0.29) is 18.8 Å². The number of hydrogen-bond acceptors (Lipinski definition) is 4. The zero-order valence-electron chi connectivity index (χ0n) is 9.89. The average Bonchev–Trinajstić information content (AvgIpc) is 2.75. The van der Waals surface area contributed by atoms with Crippen molar-refractivity contribution in [3.63, 3.8) is 0 Å². The number of carboxylic acid groups (broad SMARTS) is 1. The number of hydrogen-bond donors (Lipinski definition) is 2. The fourth-order valence-electron chi connectivity index (χ4n) is 2.41. The Hall–Kier alpha value is -1.75. The molecule has 2 atom stereocenters. The molecule has 0 aromatic heterocycles. The number of carboxylic acids is 1. The first-order valence-electron chi connectivity index (χ1n) is 6.09. The molecule has 1 aliphatic heterocycles.